The summed E-state index contributed by atoms with van der Waals surface area (Å²) in [5, 5.41) is 11.9. The van der Waals surface area contributed by atoms with Gasteiger partial charge in [-0.15, -0.1) is 5.10 Å². The third kappa shape index (κ3) is 2.37. The minimum absolute atomic E-state index is 0.0277. The molecule has 0 radical (unpaired) electrons. The highest BCUT2D eigenvalue weighted by Crippen LogP contribution is 2.22. The molecule has 0 aliphatic carbocycles. The van der Waals surface area contributed by atoms with Gasteiger partial charge in [0.05, 0.1) is 23.5 Å². The maximum atomic E-state index is 4.26. The molecule has 0 spiro atoms. The van der Waals surface area contributed by atoms with E-state index in [4.69, 9.17) is 0 Å². The zero-order valence-corrected chi connectivity index (χ0v) is 9.82. The summed E-state index contributed by atoms with van der Waals surface area (Å²) in [6.45, 7) is 7.52. The molecule has 0 bridgehead atoms. The van der Waals surface area contributed by atoms with Gasteiger partial charge in [-0.05, 0) is 40.2 Å². The molecule has 2 heterocycles. The second-order valence-electron chi connectivity index (χ2n) is 5.26. The van der Waals surface area contributed by atoms with Gasteiger partial charge in [-0.1, -0.05) is 11.6 Å². The summed E-state index contributed by atoms with van der Waals surface area (Å²) >= 11 is 0. The van der Waals surface area contributed by atoms with E-state index in [-0.39, 0.29) is 5.54 Å². The lowest BCUT2D eigenvalue weighted by atomic mass is 10.0. The molecule has 1 unspecified atom stereocenters. The standard InChI is InChI=1S/C11H20N4/c1-11(2,3)15-8-10(13-14-15)9-6-4-5-7-12-9/h8-9,12H,4-7H2,1-3H3. The van der Waals surface area contributed by atoms with Crippen molar-refractivity contribution in [3.05, 3.63) is 11.9 Å². The highest BCUT2D eigenvalue weighted by Gasteiger charge is 2.21. The minimum Gasteiger partial charge on any atom is -0.309 e. The fourth-order valence-electron chi connectivity index (χ4n) is 1.87. The van der Waals surface area contributed by atoms with E-state index in [1.54, 1.807) is 0 Å². The van der Waals surface area contributed by atoms with Crippen molar-refractivity contribution in [3.63, 3.8) is 0 Å². The number of rotatable bonds is 1. The Labute approximate surface area is 91.1 Å². The van der Waals surface area contributed by atoms with E-state index < -0.39 is 0 Å². The van der Waals surface area contributed by atoms with Gasteiger partial charge in [0.15, 0.2) is 0 Å². The van der Waals surface area contributed by atoms with Crippen LogP contribution in [0.1, 0.15) is 51.8 Å². The van der Waals surface area contributed by atoms with Gasteiger partial charge in [0.25, 0.3) is 0 Å². The average molecular weight is 208 g/mol. The lowest BCUT2D eigenvalue weighted by Gasteiger charge is -2.21. The summed E-state index contributed by atoms with van der Waals surface area (Å²) in [4.78, 5) is 0. The Kier molecular flexibility index (Phi) is 2.78. The van der Waals surface area contributed by atoms with Crippen LogP contribution in [0.25, 0.3) is 0 Å². The molecule has 1 fully saturated rings. The van der Waals surface area contributed by atoms with Crippen LogP contribution in [0.2, 0.25) is 0 Å². The number of hydrogen-bond donors (Lipinski definition) is 1. The van der Waals surface area contributed by atoms with Crippen molar-refractivity contribution in [2.75, 3.05) is 6.54 Å². The van der Waals surface area contributed by atoms with Crippen LogP contribution >= 0.6 is 0 Å². The molecule has 0 saturated carbocycles. The van der Waals surface area contributed by atoms with Crippen molar-refractivity contribution in [2.24, 2.45) is 0 Å². The molecule has 1 atom stereocenters. The van der Waals surface area contributed by atoms with Gasteiger partial charge in [-0.2, -0.15) is 0 Å². The molecule has 1 N–H and O–H groups in total. The average Bonchev–Trinajstić information content (AvgIpc) is 2.67. The Morgan fingerprint density at radius 2 is 2.20 bits per heavy atom. The Bertz CT molecular complexity index is 318. The summed E-state index contributed by atoms with van der Waals surface area (Å²) in [7, 11) is 0. The zero-order chi connectivity index (χ0) is 10.9. The van der Waals surface area contributed by atoms with E-state index in [2.05, 4.69) is 42.6 Å². The van der Waals surface area contributed by atoms with Crippen LogP contribution in [0.4, 0.5) is 0 Å². The second-order valence-corrected chi connectivity index (χ2v) is 5.26. The third-order valence-electron chi connectivity index (χ3n) is 2.87. The van der Waals surface area contributed by atoms with Gasteiger partial charge >= 0.3 is 0 Å². The molecule has 1 aliphatic rings. The Morgan fingerprint density at radius 3 is 2.73 bits per heavy atom. The molecule has 2 rings (SSSR count). The SMILES string of the molecule is CC(C)(C)n1cc(C2CCCCN2)nn1. The number of aromatic nitrogens is 3. The van der Waals surface area contributed by atoms with E-state index in [1.165, 1.54) is 19.3 Å². The first kappa shape index (κ1) is 10.6. The van der Waals surface area contributed by atoms with Crippen LogP contribution in [0.15, 0.2) is 6.20 Å². The normalized spacial score (nSPS) is 23.0. The topological polar surface area (TPSA) is 42.7 Å². The third-order valence-corrected chi connectivity index (χ3v) is 2.87. The van der Waals surface area contributed by atoms with Crippen LogP contribution in [0.3, 0.4) is 0 Å². The zero-order valence-electron chi connectivity index (χ0n) is 9.82. The molecule has 1 aromatic heterocycles. The first-order chi connectivity index (χ1) is 7.07. The predicted molar refractivity (Wildman–Crippen MR) is 59.6 cm³/mol. The Hall–Kier alpha value is -0.900. The lowest BCUT2D eigenvalue weighted by molar-refractivity contribution is 0.346. The smallest absolute Gasteiger partial charge is 0.0996 e. The maximum absolute atomic E-state index is 4.26. The predicted octanol–water partition coefficient (Wildman–Crippen LogP) is 1.85. The molecule has 0 aromatic carbocycles. The molecule has 4 heteroatoms. The molecule has 1 aromatic rings. The van der Waals surface area contributed by atoms with Gasteiger partial charge in [-0.25, -0.2) is 4.68 Å². The van der Waals surface area contributed by atoms with E-state index in [0.717, 1.165) is 12.2 Å². The van der Waals surface area contributed by atoms with Crippen molar-refractivity contribution in [1.29, 1.82) is 0 Å². The first-order valence-electron chi connectivity index (χ1n) is 5.73. The van der Waals surface area contributed by atoms with Crippen molar-refractivity contribution in [2.45, 2.75) is 51.6 Å². The first-order valence-corrected chi connectivity index (χ1v) is 5.73. The number of piperidine rings is 1. The monoisotopic (exact) mass is 208 g/mol. The lowest BCUT2D eigenvalue weighted by Crippen LogP contribution is -2.27. The number of hydrogen-bond acceptors (Lipinski definition) is 3. The van der Waals surface area contributed by atoms with Gasteiger partial charge in [-0.3, -0.25) is 0 Å². The Morgan fingerprint density at radius 1 is 1.40 bits per heavy atom. The minimum atomic E-state index is 0.0277. The highest BCUT2D eigenvalue weighted by atomic mass is 15.4. The molecule has 0 amide bonds. The van der Waals surface area contributed by atoms with Crippen LogP contribution in [-0.4, -0.2) is 21.5 Å². The van der Waals surface area contributed by atoms with Gasteiger partial charge < -0.3 is 5.32 Å². The number of nitrogens with zero attached hydrogens (tertiary/aromatic N) is 3. The molecule has 84 valence electrons. The summed E-state index contributed by atoms with van der Waals surface area (Å²) in [6, 6.07) is 0.412. The highest BCUT2D eigenvalue weighted by molar-refractivity contribution is 5.03. The summed E-state index contributed by atoms with van der Waals surface area (Å²) in [6.07, 6.45) is 5.83. The Balaban J connectivity index is 2.12. The molecule has 4 nitrogen and oxygen atoms in total. The fraction of sp³-hybridized carbons (Fsp3) is 0.818. The van der Waals surface area contributed by atoms with Crippen molar-refractivity contribution in [1.82, 2.24) is 20.3 Å². The quantitative estimate of drug-likeness (QED) is 0.766. The van der Waals surface area contributed by atoms with E-state index in [9.17, 15) is 0 Å². The molecular formula is C11H20N4. The molecule has 1 aliphatic heterocycles. The fourth-order valence-corrected chi connectivity index (χ4v) is 1.87. The molecule has 1 saturated heterocycles. The van der Waals surface area contributed by atoms with Crippen LogP contribution in [0.5, 0.6) is 0 Å². The largest absolute Gasteiger partial charge is 0.309 e. The molecule has 15 heavy (non-hydrogen) atoms. The van der Waals surface area contributed by atoms with Gasteiger partial charge in [0.2, 0.25) is 0 Å². The second kappa shape index (κ2) is 3.93. The summed E-state index contributed by atoms with van der Waals surface area (Å²) < 4.78 is 1.94. The van der Waals surface area contributed by atoms with Crippen molar-refractivity contribution >= 4 is 0 Å². The van der Waals surface area contributed by atoms with Crippen LogP contribution < -0.4 is 5.32 Å². The maximum Gasteiger partial charge on any atom is 0.0996 e. The van der Waals surface area contributed by atoms with E-state index in [0.29, 0.717) is 6.04 Å². The summed E-state index contributed by atoms with van der Waals surface area (Å²) in [5.74, 6) is 0. The van der Waals surface area contributed by atoms with Crippen LogP contribution in [0, 0.1) is 0 Å². The molecular weight excluding hydrogens is 188 g/mol. The van der Waals surface area contributed by atoms with Gasteiger partial charge in [0, 0.05) is 0 Å². The van der Waals surface area contributed by atoms with E-state index >= 15 is 0 Å². The number of nitrogens with one attached hydrogen (secondary N) is 1. The van der Waals surface area contributed by atoms with Crippen LogP contribution in [-0.2, 0) is 5.54 Å². The summed E-state index contributed by atoms with van der Waals surface area (Å²) in [5.41, 5.74) is 1.12. The van der Waals surface area contributed by atoms with Crippen molar-refractivity contribution in [3.8, 4) is 0 Å². The van der Waals surface area contributed by atoms with E-state index in [1.807, 2.05) is 4.68 Å². The van der Waals surface area contributed by atoms with Crippen molar-refractivity contribution < 1.29 is 0 Å². The van der Waals surface area contributed by atoms with Gasteiger partial charge in [0.1, 0.15) is 0 Å².